The Labute approximate surface area is 53.2 Å². The predicted molar refractivity (Wildman–Crippen MR) is 31.0 cm³/mol. The zero-order chi connectivity index (χ0) is 6.69. The summed E-state index contributed by atoms with van der Waals surface area (Å²) in [7, 11) is -5.04. The molecule has 1 aliphatic heterocycles. The molecule has 0 saturated carbocycles. The summed E-state index contributed by atoms with van der Waals surface area (Å²) in [5, 5.41) is 0. The van der Waals surface area contributed by atoms with Gasteiger partial charge in [-0.2, -0.15) is 0 Å². The second kappa shape index (κ2) is 3.49. The van der Waals surface area contributed by atoms with Crippen molar-refractivity contribution in [2.75, 3.05) is 13.2 Å². The van der Waals surface area contributed by atoms with Gasteiger partial charge in [0, 0.05) is 0 Å². The predicted octanol–water partition coefficient (Wildman–Crippen LogP) is 0.829. The molecule has 0 radical (unpaired) electrons. The van der Waals surface area contributed by atoms with E-state index >= 15 is 0 Å². The van der Waals surface area contributed by atoms with Crippen molar-refractivity contribution in [2.24, 2.45) is 0 Å². The Morgan fingerprint density at radius 1 is 1.00 bits per heavy atom. The van der Waals surface area contributed by atoms with E-state index in [1.807, 2.05) is 0 Å². The van der Waals surface area contributed by atoms with Crippen molar-refractivity contribution in [3.05, 3.63) is 0 Å². The summed E-state index contributed by atoms with van der Waals surface area (Å²) in [4.78, 5) is 0. The first-order valence-corrected chi connectivity index (χ1v) is 4.75. The van der Waals surface area contributed by atoms with Crippen LogP contribution in [-0.4, -0.2) is 13.2 Å². The molecule has 9 heavy (non-hydrogen) atoms. The normalized spacial score (nSPS) is 37.8. The second-order valence-electron chi connectivity index (χ2n) is 1.30. The minimum Gasteiger partial charge on any atom is -0.308 e. The molecule has 1 rings (SSSR count). The van der Waals surface area contributed by atoms with Crippen molar-refractivity contribution in [2.45, 2.75) is 0 Å². The number of hydrogen-bond donors (Lipinski definition) is 0. The second-order valence-corrected chi connectivity index (χ2v) is 3.69. The minimum atomic E-state index is -2.52. The van der Waals surface area contributed by atoms with Crippen molar-refractivity contribution in [1.29, 1.82) is 0 Å². The SMILES string of the molecule is O=[PH]1OCCO[PH](=O)O1. The molecule has 0 aromatic carbocycles. The zero-order valence-electron chi connectivity index (χ0n) is 4.46. The Hall–Kier alpha value is 0.340. The molecule has 0 N–H and O–H groups in total. The van der Waals surface area contributed by atoms with Crippen molar-refractivity contribution in [3.63, 3.8) is 0 Å². The van der Waals surface area contributed by atoms with Crippen LogP contribution in [0.25, 0.3) is 0 Å². The summed E-state index contributed by atoms with van der Waals surface area (Å²) in [6.45, 7) is 0.377. The summed E-state index contributed by atoms with van der Waals surface area (Å²) < 4.78 is 34.0. The highest BCUT2D eigenvalue weighted by molar-refractivity contribution is 7.47. The minimum absolute atomic E-state index is 0.189. The Morgan fingerprint density at radius 2 is 1.44 bits per heavy atom. The lowest BCUT2D eigenvalue weighted by atomic mass is 10.8. The van der Waals surface area contributed by atoms with Crippen LogP contribution in [-0.2, 0) is 22.5 Å². The first kappa shape index (κ1) is 7.45. The fourth-order valence-corrected chi connectivity index (χ4v) is 1.89. The quantitative estimate of drug-likeness (QED) is 0.506. The van der Waals surface area contributed by atoms with E-state index in [1.165, 1.54) is 0 Å². The van der Waals surface area contributed by atoms with Gasteiger partial charge in [0.25, 0.3) is 0 Å². The van der Waals surface area contributed by atoms with Gasteiger partial charge < -0.3 is 9.05 Å². The van der Waals surface area contributed by atoms with E-state index in [0.29, 0.717) is 0 Å². The lowest BCUT2D eigenvalue weighted by molar-refractivity contribution is 0.243. The van der Waals surface area contributed by atoms with Gasteiger partial charge >= 0.3 is 16.5 Å². The van der Waals surface area contributed by atoms with Gasteiger partial charge in [-0.25, -0.2) is 4.31 Å². The van der Waals surface area contributed by atoms with Gasteiger partial charge in [-0.05, 0) is 0 Å². The molecule has 2 unspecified atom stereocenters. The van der Waals surface area contributed by atoms with Crippen LogP contribution in [0.3, 0.4) is 0 Å². The summed E-state index contributed by atoms with van der Waals surface area (Å²) in [5.74, 6) is 0. The van der Waals surface area contributed by atoms with E-state index in [4.69, 9.17) is 0 Å². The van der Waals surface area contributed by atoms with E-state index in [0.717, 1.165) is 0 Å². The highest BCUT2D eigenvalue weighted by atomic mass is 31.2. The van der Waals surface area contributed by atoms with E-state index in [2.05, 4.69) is 13.4 Å². The molecule has 1 aliphatic rings. The van der Waals surface area contributed by atoms with Crippen LogP contribution < -0.4 is 0 Å². The fourth-order valence-electron chi connectivity index (χ4n) is 0.377. The maximum Gasteiger partial charge on any atom is 0.326 e. The summed E-state index contributed by atoms with van der Waals surface area (Å²) in [6, 6.07) is 0. The number of hydrogen-bond acceptors (Lipinski definition) is 5. The van der Waals surface area contributed by atoms with Crippen LogP contribution in [0.4, 0.5) is 0 Å². The van der Waals surface area contributed by atoms with Crippen LogP contribution >= 0.6 is 16.5 Å². The Balaban J connectivity index is 2.47. The van der Waals surface area contributed by atoms with Crippen LogP contribution in [0.15, 0.2) is 0 Å². The smallest absolute Gasteiger partial charge is 0.308 e. The zero-order valence-corrected chi connectivity index (χ0v) is 6.46. The van der Waals surface area contributed by atoms with Crippen LogP contribution in [0.2, 0.25) is 0 Å². The summed E-state index contributed by atoms with van der Waals surface area (Å²) in [6.07, 6.45) is 0. The van der Waals surface area contributed by atoms with Crippen molar-refractivity contribution in [3.8, 4) is 0 Å². The Kier molecular flexibility index (Phi) is 2.89. The monoisotopic (exact) mass is 172 g/mol. The molecule has 1 heterocycles. The first-order chi connectivity index (χ1) is 4.29. The summed E-state index contributed by atoms with van der Waals surface area (Å²) >= 11 is 0. The van der Waals surface area contributed by atoms with Crippen LogP contribution in [0.5, 0.6) is 0 Å². The van der Waals surface area contributed by atoms with Crippen molar-refractivity contribution >= 4 is 16.5 Å². The van der Waals surface area contributed by atoms with Crippen LogP contribution in [0, 0.1) is 0 Å². The highest BCUT2D eigenvalue weighted by Gasteiger charge is 2.10. The average molecular weight is 172 g/mol. The first-order valence-electron chi connectivity index (χ1n) is 2.30. The molecule has 0 spiro atoms. The molecular weight excluding hydrogens is 166 g/mol. The molecule has 0 amide bonds. The van der Waals surface area contributed by atoms with Gasteiger partial charge in [-0.1, -0.05) is 0 Å². The standard InChI is InChI=1S/C2H6O5P2/c3-8-5-1-2-6-9(4)7-8/h8-9H,1-2H2. The van der Waals surface area contributed by atoms with E-state index in [-0.39, 0.29) is 13.2 Å². The average Bonchev–Trinajstić information content (AvgIpc) is 1.93. The lowest BCUT2D eigenvalue weighted by Crippen LogP contribution is -1.90. The topological polar surface area (TPSA) is 61.8 Å². The molecule has 5 nitrogen and oxygen atoms in total. The number of rotatable bonds is 0. The molecular formula is C2H6O5P2. The highest BCUT2D eigenvalue weighted by Crippen LogP contribution is 2.41. The molecule has 7 heteroatoms. The molecule has 0 aromatic heterocycles. The molecule has 54 valence electrons. The fraction of sp³-hybridized carbons (Fsp3) is 1.00. The van der Waals surface area contributed by atoms with E-state index in [1.54, 1.807) is 0 Å². The third kappa shape index (κ3) is 2.61. The van der Waals surface area contributed by atoms with Crippen LogP contribution in [0.1, 0.15) is 0 Å². The molecule has 0 bridgehead atoms. The summed E-state index contributed by atoms with van der Waals surface area (Å²) in [5.41, 5.74) is 0. The molecule has 1 fully saturated rings. The van der Waals surface area contributed by atoms with Gasteiger partial charge in [0.15, 0.2) is 0 Å². The molecule has 0 aromatic rings. The Morgan fingerprint density at radius 3 is 1.89 bits per heavy atom. The molecule has 1 saturated heterocycles. The maximum absolute atomic E-state index is 10.4. The van der Waals surface area contributed by atoms with E-state index in [9.17, 15) is 9.13 Å². The van der Waals surface area contributed by atoms with Gasteiger partial charge in [0.05, 0.1) is 13.2 Å². The maximum atomic E-state index is 10.4. The van der Waals surface area contributed by atoms with Gasteiger partial charge in [0.1, 0.15) is 0 Å². The van der Waals surface area contributed by atoms with Crippen molar-refractivity contribution < 1.29 is 22.5 Å². The van der Waals surface area contributed by atoms with Gasteiger partial charge in [-0.15, -0.1) is 0 Å². The lowest BCUT2D eigenvalue weighted by Gasteiger charge is -1.93. The van der Waals surface area contributed by atoms with Crippen molar-refractivity contribution in [1.82, 2.24) is 0 Å². The molecule has 2 atom stereocenters. The Bertz CT molecular complexity index is 128. The molecule has 0 aliphatic carbocycles. The third-order valence-electron chi connectivity index (χ3n) is 0.690. The van der Waals surface area contributed by atoms with Gasteiger partial charge in [-0.3, -0.25) is 9.13 Å². The van der Waals surface area contributed by atoms with E-state index < -0.39 is 16.5 Å². The van der Waals surface area contributed by atoms with Gasteiger partial charge in [0.2, 0.25) is 0 Å². The third-order valence-corrected chi connectivity index (χ3v) is 2.90. The largest absolute Gasteiger partial charge is 0.326 e.